The van der Waals surface area contributed by atoms with Gasteiger partial charge in [-0.1, -0.05) is 6.07 Å². The first kappa shape index (κ1) is 27.7. The highest BCUT2D eigenvalue weighted by Crippen LogP contribution is 2.54. The Morgan fingerprint density at radius 1 is 1.07 bits per heavy atom. The van der Waals surface area contributed by atoms with E-state index in [-0.39, 0.29) is 60.5 Å². The normalized spacial score (nSPS) is 22.3. The van der Waals surface area contributed by atoms with Crippen LogP contribution in [0, 0.1) is 5.82 Å². The molecule has 4 aliphatic rings. The van der Waals surface area contributed by atoms with E-state index < -0.39 is 65.8 Å². The summed E-state index contributed by atoms with van der Waals surface area (Å²) >= 11 is 0. The van der Waals surface area contributed by atoms with Crippen molar-refractivity contribution >= 4 is 41.1 Å². The summed E-state index contributed by atoms with van der Waals surface area (Å²) in [5.41, 5.74) is -0.102. The summed E-state index contributed by atoms with van der Waals surface area (Å²) in [4.78, 5) is 66.7. The lowest BCUT2D eigenvalue weighted by atomic mass is 9.69. The zero-order valence-corrected chi connectivity index (χ0v) is 22.8. The van der Waals surface area contributed by atoms with Crippen molar-refractivity contribution in [3.63, 3.8) is 0 Å². The summed E-state index contributed by atoms with van der Waals surface area (Å²) < 4.78 is 48.8. The van der Waals surface area contributed by atoms with Gasteiger partial charge in [-0.2, -0.15) is 0 Å². The van der Waals surface area contributed by atoms with E-state index in [0.29, 0.717) is 5.56 Å². The molecular formula is C29H27F3N4O6. The van der Waals surface area contributed by atoms with E-state index in [0.717, 1.165) is 15.9 Å². The van der Waals surface area contributed by atoms with Crippen molar-refractivity contribution in [2.45, 2.75) is 62.4 Å². The van der Waals surface area contributed by atoms with Crippen molar-refractivity contribution < 1.29 is 41.9 Å². The maximum Gasteiger partial charge on any atom is 0.419 e. The molecule has 1 aliphatic carbocycles. The number of nitrogens with zero attached hydrogens (tertiary/aromatic N) is 3. The summed E-state index contributed by atoms with van der Waals surface area (Å²) in [5.74, 6) is -5.47. The second-order valence-electron chi connectivity index (χ2n) is 11.3. The van der Waals surface area contributed by atoms with E-state index in [1.165, 1.54) is 37.2 Å². The monoisotopic (exact) mass is 584 g/mol. The highest BCUT2D eigenvalue weighted by Gasteiger charge is 2.55. The molecule has 3 aliphatic heterocycles. The van der Waals surface area contributed by atoms with Crippen LogP contribution in [0.3, 0.4) is 0 Å². The number of anilines is 2. The SMILES string of the molecule is CN(C(=O)Oc1ccc2c(c1)C(=O)N(C1CCC(=O)NC1=O)C2)c1cc(F)c2c(c1)C1(CCC(F)(F)CC1)C(=O)N2C. The Kier molecular flexibility index (Phi) is 6.32. The molecule has 1 N–H and O–H groups in total. The Bertz CT molecular complexity index is 1570. The number of likely N-dealkylation sites (N-methyl/N-ethyl adjacent to an activating group) is 1. The Balaban J connectivity index is 1.22. The van der Waals surface area contributed by atoms with Crippen LogP contribution in [0.1, 0.15) is 60.0 Å². The topological polar surface area (TPSA) is 116 Å². The van der Waals surface area contributed by atoms with Crippen LogP contribution in [-0.4, -0.2) is 60.7 Å². The van der Waals surface area contributed by atoms with Crippen molar-refractivity contribution in [1.82, 2.24) is 10.2 Å². The third-order valence-corrected chi connectivity index (χ3v) is 8.81. The number of imide groups is 1. The molecule has 2 aromatic carbocycles. The highest BCUT2D eigenvalue weighted by atomic mass is 19.3. The van der Waals surface area contributed by atoms with Gasteiger partial charge in [0.1, 0.15) is 17.6 Å². The van der Waals surface area contributed by atoms with Crippen LogP contribution in [0.25, 0.3) is 0 Å². The molecule has 13 heteroatoms. The molecule has 1 saturated carbocycles. The van der Waals surface area contributed by atoms with Gasteiger partial charge in [0, 0.05) is 45.5 Å². The van der Waals surface area contributed by atoms with Gasteiger partial charge in [0.05, 0.1) is 16.8 Å². The number of benzene rings is 2. The van der Waals surface area contributed by atoms with Gasteiger partial charge in [-0.25, -0.2) is 18.0 Å². The number of fused-ring (bicyclic) bond motifs is 3. The molecule has 1 unspecified atom stereocenters. The van der Waals surface area contributed by atoms with Gasteiger partial charge >= 0.3 is 6.09 Å². The number of rotatable bonds is 3. The average molecular weight is 585 g/mol. The van der Waals surface area contributed by atoms with Crippen LogP contribution in [0.2, 0.25) is 0 Å². The van der Waals surface area contributed by atoms with E-state index in [1.54, 1.807) is 6.07 Å². The van der Waals surface area contributed by atoms with Crippen LogP contribution in [0.4, 0.5) is 29.3 Å². The average Bonchev–Trinajstić information content (AvgIpc) is 3.37. The van der Waals surface area contributed by atoms with Gasteiger partial charge in [0.25, 0.3) is 5.91 Å². The van der Waals surface area contributed by atoms with E-state index in [1.807, 2.05) is 0 Å². The maximum absolute atomic E-state index is 15.3. The zero-order valence-electron chi connectivity index (χ0n) is 22.8. The number of carbonyl (C=O) groups excluding carboxylic acids is 5. The van der Waals surface area contributed by atoms with Gasteiger partial charge in [0.15, 0.2) is 0 Å². The lowest BCUT2D eigenvalue weighted by Gasteiger charge is -2.36. The predicted octanol–water partition coefficient (Wildman–Crippen LogP) is 3.65. The third kappa shape index (κ3) is 4.29. The molecule has 10 nitrogen and oxygen atoms in total. The Morgan fingerprint density at radius 2 is 1.79 bits per heavy atom. The largest absolute Gasteiger partial charge is 0.419 e. The molecule has 0 aromatic heterocycles. The number of amides is 5. The molecule has 0 radical (unpaired) electrons. The lowest BCUT2D eigenvalue weighted by Crippen LogP contribution is -2.52. The molecule has 1 spiro atoms. The summed E-state index contributed by atoms with van der Waals surface area (Å²) in [5, 5.41) is 2.24. The van der Waals surface area contributed by atoms with Crippen molar-refractivity contribution in [3.05, 3.63) is 52.8 Å². The molecule has 5 amide bonds. The Morgan fingerprint density at radius 3 is 2.48 bits per heavy atom. The summed E-state index contributed by atoms with van der Waals surface area (Å²) in [7, 11) is 2.74. The molecule has 2 fully saturated rings. The Hall–Kier alpha value is -4.42. The van der Waals surface area contributed by atoms with Gasteiger partial charge < -0.3 is 14.5 Å². The lowest BCUT2D eigenvalue weighted by molar-refractivity contribution is -0.137. The minimum absolute atomic E-state index is 0.00781. The molecule has 220 valence electrons. The van der Waals surface area contributed by atoms with E-state index in [9.17, 15) is 32.8 Å². The number of piperidine rings is 1. The number of halogens is 3. The number of nitrogens with one attached hydrogen (secondary N) is 1. The van der Waals surface area contributed by atoms with Crippen molar-refractivity contribution in [1.29, 1.82) is 0 Å². The molecule has 1 saturated heterocycles. The first-order valence-corrected chi connectivity index (χ1v) is 13.5. The zero-order chi connectivity index (χ0) is 30.1. The summed E-state index contributed by atoms with van der Waals surface area (Å²) in [6, 6.07) is 6.21. The van der Waals surface area contributed by atoms with Crippen LogP contribution < -0.4 is 19.9 Å². The number of carbonyl (C=O) groups is 5. The quantitative estimate of drug-likeness (QED) is 0.551. The fraction of sp³-hybridized carbons (Fsp3) is 0.414. The van der Waals surface area contributed by atoms with Crippen LogP contribution >= 0.6 is 0 Å². The van der Waals surface area contributed by atoms with Crippen molar-refractivity contribution in [2.75, 3.05) is 23.9 Å². The minimum atomic E-state index is -2.90. The maximum atomic E-state index is 15.3. The van der Waals surface area contributed by atoms with E-state index in [2.05, 4.69) is 5.32 Å². The number of alkyl halides is 2. The molecular weight excluding hydrogens is 557 g/mol. The third-order valence-electron chi connectivity index (χ3n) is 8.81. The standard InChI is InChI=1S/C29H27F3N4O6/c1-34(16-11-19-23(20(30)12-16)35(2)26(40)28(19)7-9-29(31,32)10-8-28)27(41)42-17-4-3-15-14-36(25(39)18(15)13-17)21-5-6-22(37)33-24(21)38/h3-4,11-13,21H,5-10,14H2,1-2H3,(H,33,37,38). The van der Waals surface area contributed by atoms with Crippen LogP contribution in [0.15, 0.2) is 30.3 Å². The first-order chi connectivity index (χ1) is 19.8. The molecule has 42 heavy (non-hydrogen) atoms. The molecule has 3 heterocycles. The summed E-state index contributed by atoms with van der Waals surface area (Å²) in [6.45, 7) is 0.157. The van der Waals surface area contributed by atoms with E-state index in [4.69, 9.17) is 4.74 Å². The second-order valence-corrected chi connectivity index (χ2v) is 11.3. The molecule has 2 aromatic rings. The minimum Gasteiger partial charge on any atom is -0.410 e. The molecule has 0 bridgehead atoms. The fourth-order valence-electron chi connectivity index (χ4n) is 6.42. The number of hydrogen-bond acceptors (Lipinski definition) is 6. The number of ether oxygens (including phenoxy) is 1. The first-order valence-electron chi connectivity index (χ1n) is 13.5. The van der Waals surface area contributed by atoms with Crippen LogP contribution in [0.5, 0.6) is 5.75 Å². The smallest absolute Gasteiger partial charge is 0.410 e. The molecule has 1 atom stereocenters. The van der Waals surface area contributed by atoms with Gasteiger partial charge in [-0.3, -0.25) is 29.4 Å². The van der Waals surface area contributed by atoms with Crippen LogP contribution in [-0.2, 0) is 26.3 Å². The van der Waals surface area contributed by atoms with Gasteiger partial charge in [-0.15, -0.1) is 0 Å². The van der Waals surface area contributed by atoms with Gasteiger partial charge in [-0.05, 0) is 54.7 Å². The fourth-order valence-corrected chi connectivity index (χ4v) is 6.42. The van der Waals surface area contributed by atoms with Gasteiger partial charge in [0.2, 0.25) is 23.6 Å². The summed E-state index contributed by atoms with van der Waals surface area (Å²) in [6.07, 6.45) is -1.89. The number of hydrogen-bond donors (Lipinski definition) is 1. The predicted molar refractivity (Wildman–Crippen MR) is 142 cm³/mol. The van der Waals surface area contributed by atoms with Crippen molar-refractivity contribution in [2.24, 2.45) is 0 Å². The Labute approximate surface area is 238 Å². The van der Waals surface area contributed by atoms with E-state index >= 15 is 4.39 Å². The highest BCUT2D eigenvalue weighted by molar-refractivity contribution is 6.09. The second kappa shape index (κ2) is 9.57. The molecule has 6 rings (SSSR count). The van der Waals surface area contributed by atoms with Crippen molar-refractivity contribution in [3.8, 4) is 5.75 Å².